The van der Waals surface area contributed by atoms with Gasteiger partial charge in [-0.1, -0.05) is 0 Å². The highest BCUT2D eigenvalue weighted by atomic mass is 35.5. The summed E-state index contributed by atoms with van der Waals surface area (Å²) in [6.45, 7) is 3.86. The maximum atomic E-state index is 8.49. The van der Waals surface area contributed by atoms with E-state index in [1.807, 2.05) is 0 Å². The fraction of sp³-hybridized carbons (Fsp3) is 0.500. The van der Waals surface area contributed by atoms with Crippen LogP contribution in [-0.2, 0) is 6.54 Å². The zero-order chi connectivity index (χ0) is 8.10. The molecule has 0 fully saturated rings. The van der Waals surface area contributed by atoms with Crippen LogP contribution in [0.4, 0.5) is 0 Å². The van der Waals surface area contributed by atoms with Crippen molar-refractivity contribution in [3.05, 3.63) is 21.9 Å². The van der Waals surface area contributed by atoms with Gasteiger partial charge in [0.25, 0.3) is 0 Å². The molecule has 1 aromatic rings. The molecular weight excluding hydrogens is 194 g/mol. The Hall–Kier alpha value is -0.0900. The summed E-state index contributed by atoms with van der Waals surface area (Å²) in [4.78, 5) is 2.67. The Labute approximate surface area is 83.0 Å². The third kappa shape index (κ3) is 4.07. The van der Waals surface area contributed by atoms with E-state index in [0.29, 0.717) is 6.54 Å². The highest BCUT2D eigenvalue weighted by Gasteiger charge is 1.94. The maximum Gasteiger partial charge on any atom is 0.0556 e. The minimum atomic E-state index is 0. The number of rotatable bonds is 4. The van der Waals surface area contributed by atoms with Gasteiger partial charge in [-0.3, -0.25) is 0 Å². The van der Waals surface area contributed by atoms with E-state index in [2.05, 4.69) is 24.4 Å². The summed E-state index contributed by atoms with van der Waals surface area (Å²) < 4.78 is 0. The van der Waals surface area contributed by atoms with Crippen molar-refractivity contribution in [1.82, 2.24) is 5.32 Å². The van der Waals surface area contributed by atoms with Crippen molar-refractivity contribution in [2.45, 2.75) is 13.5 Å². The van der Waals surface area contributed by atoms with Gasteiger partial charge in [0.1, 0.15) is 0 Å². The first-order chi connectivity index (χ1) is 5.33. The Morgan fingerprint density at radius 3 is 2.75 bits per heavy atom. The molecule has 1 heterocycles. The Morgan fingerprint density at radius 1 is 1.50 bits per heavy atom. The molecule has 1 aromatic heterocycles. The van der Waals surface area contributed by atoms with Crippen molar-refractivity contribution in [2.75, 3.05) is 13.2 Å². The predicted octanol–water partition coefficient (Wildman–Crippen LogP) is 1.56. The van der Waals surface area contributed by atoms with Gasteiger partial charge >= 0.3 is 0 Å². The van der Waals surface area contributed by atoms with Crippen molar-refractivity contribution in [2.24, 2.45) is 0 Å². The van der Waals surface area contributed by atoms with Crippen molar-refractivity contribution < 1.29 is 5.11 Å². The van der Waals surface area contributed by atoms with E-state index in [9.17, 15) is 0 Å². The smallest absolute Gasteiger partial charge is 0.0556 e. The van der Waals surface area contributed by atoms with E-state index in [1.54, 1.807) is 11.3 Å². The maximum absolute atomic E-state index is 8.49. The number of thiophene rings is 1. The van der Waals surface area contributed by atoms with Crippen molar-refractivity contribution in [3.8, 4) is 0 Å². The van der Waals surface area contributed by atoms with Crippen LogP contribution in [0.15, 0.2) is 12.1 Å². The van der Waals surface area contributed by atoms with Crippen LogP contribution in [0.5, 0.6) is 0 Å². The number of hydrogen-bond acceptors (Lipinski definition) is 3. The fourth-order valence-electron chi connectivity index (χ4n) is 0.871. The molecule has 0 aliphatic heterocycles. The van der Waals surface area contributed by atoms with Crippen LogP contribution in [0.1, 0.15) is 9.75 Å². The van der Waals surface area contributed by atoms with E-state index in [-0.39, 0.29) is 19.0 Å². The second-order valence-corrected chi connectivity index (χ2v) is 3.79. The highest BCUT2D eigenvalue weighted by molar-refractivity contribution is 7.11. The third-order valence-electron chi connectivity index (χ3n) is 1.38. The summed E-state index contributed by atoms with van der Waals surface area (Å²) in [5, 5.41) is 11.6. The molecule has 0 unspecified atom stereocenters. The summed E-state index contributed by atoms with van der Waals surface area (Å²) in [6.07, 6.45) is 0. The molecule has 1 rings (SSSR count). The highest BCUT2D eigenvalue weighted by Crippen LogP contribution is 2.13. The molecule has 2 N–H and O–H groups in total. The molecule has 0 saturated heterocycles. The van der Waals surface area contributed by atoms with E-state index >= 15 is 0 Å². The van der Waals surface area contributed by atoms with Gasteiger partial charge in [-0.2, -0.15) is 0 Å². The molecular formula is C8H14ClNOS. The molecule has 4 heteroatoms. The molecule has 0 radical (unpaired) electrons. The SMILES string of the molecule is Cc1ccc(CNCCO)s1.Cl. The number of hydrogen-bond donors (Lipinski definition) is 2. The minimum absolute atomic E-state index is 0. The first-order valence-electron chi connectivity index (χ1n) is 3.70. The van der Waals surface area contributed by atoms with Crippen LogP contribution in [0, 0.1) is 6.92 Å². The molecule has 0 bridgehead atoms. The Balaban J connectivity index is 0.00000121. The van der Waals surface area contributed by atoms with E-state index in [4.69, 9.17) is 5.11 Å². The van der Waals surface area contributed by atoms with Crippen LogP contribution < -0.4 is 5.32 Å². The fourth-order valence-corrected chi connectivity index (χ4v) is 1.73. The molecule has 0 spiro atoms. The normalized spacial score (nSPS) is 9.50. The zero-order valence-corrected chi connectivity index (χ0v) is 8.67. The molecule has 0 atom stereocenters. The molecule has 70 valence electrons. The monoisotopic (exact) mass is 207 g/mol. The average Bonchev–Trinajstić information content (AvgIpc) is 2.37. The molecule has 0 aliphatic rings. The van der Waals surface area contributed by atoms with E-state index in [1.165, 1.54) is 9.75 Å². The Morgan fingerprint density at radius 2 is 2.25 bits per heavy atom. The van der Waals surface area contributed by atoms with Gasteiger partial charge < -0.3 is 10.4 Å². The van der Waals surface area contributed by atoms with Gasteiger partial charge in [-0.25, -0.2) is 0 Å². The first-order valence-corrected chi connectivity index (χ1v) is 4.51. The van der Waals surface area contributed by atoms with Crippen LogP contribution in [0.2, 0.25) is 0 Å². The quantitative estimate of drug-likeness (QED) is 0.735. The topological polar surface area (TPSA) is 32.3 Å². The van der Waals surface area contributed by atoms with Gasteiger partial charge in [0.05, 0.1) is 6.61 Å². The molecule has 0 aliphatic carbocycles. The Bertz CT molecular complexity index is 215. The van der Waals surface area contributed by atoms with E-state index in [0.717, 1.165) is 6.54 Å². The van der Waals surface area contributed by atoms with Crippen molar-refractivity contribution >= 4 is 23.7 Å². The first kappa shape index (κ1) is 11.9. The standard InChI is InChI=1S/C8H13NOS.ClH/c1-7-2-3-8(11-7)6-9-4-5-10;/h2-3,9-10H,4-6H2,1H3;1H. The van der Waals surface area contributed by atoms with Crippen LogP contribution in [0.25, 0.3) is 0 Å². The lowest BCUT2D eigenvalue weighted by atomic mass is 10.4. The number of nitrogens with one attached hydrogen (secondary N) is 1. The van der Waals surface area contributed by atoms with Crippen molar-refractivity contribution in [3.63, 3.8) is 0 Å². The van der Waals surface area contributed by atoms with Crippen LogP contribution >= 0.6 is 23.7 Å². The summed E-state index contributed by atoms with van der Waals surface area (Å²) in [6, 6.07) is 4.23. The third-order valence-corrected chi connectivity index (χ3v) is 2.38. The summed E-state index contributed by atoms with van der Waals surface area (Å²) in [5.74, 6) is 0. The number of halogens is 1. The van der Waals surface area contributed by atoms with Gasteiger partial charge in [-0.05, 0) is 19.1 Å². The Kier molecular flexibility index (Phi) is 6.38. The number of aryl methyl sites for hydroxylation is 1. The lowest BCUT2D eigenvalue weighted by molar-refractivity contribution is 0.292. The molecule has 0 saturated carbocycles. The second-order valence-electron chi connectivity index (χ2n) is 2.41. The van der Waals surface area contributed by atoms with Gasteiger partial charge in [0.2, 0.25) is 0 Å². The van der Waals surface area contributed by atoms with E-state index < -0.39 is 0 Å². The number of aliphatic hydroxyl groups excluding tert-OH is 1. The minimum Gasteiger partial charge on any atom is -0.395 e. The lowest BCUT2D eigenvalue weighted by Crippen LogP contribution is -2.16. The largest absolute Gasteiger partial charge is 0.395 e. The van der Waals surface area contributed by atoms with Crippen molar-refractivity contribution in [1.29, 1.82) is 0 Å². The molecule has 2 nitrogen and oxygen atoms in total. The zero-order valence-electron chi connectivity index (χ0n) is 7.04. The summed E-state index contributed by atoms with van der Waals surface area (Å²) in [5.41, 5.74) is 0. The summed E-state index contributed by atoms with van der Waals surface area (Å²) in [7, 11) is 0. The number of aliphatic hydroxyl groups is 1. The van der Waals surface area contributed by atoms with Gasteiger partial charge in [0, 0.05) is 22.8 Å². The molecule has 0 amide bonds. The summed E-state index contributed by atoms with van der Waals surface area (Å²) >= 11 is 1.79. The van der Waals surface area contributed by atoms with Crippen LogP contribution in [-0.4, -0.2) is 18.3 Å². The van der Waals surface area contributed by atoms with Gasteiger partial charge in [-0.15, -0.1) is 23.7 Å². The van der Waals surface area contributed by atoms with Crippen LogP contribution in [0.3, 0.4) is 0 Å². The predicted molar refractivity (Wildman–Crippen MR) is 55.1 cm³/mol. The van der Waals surface area contributed by atoms with Gasteiger partial charge in [0.15, 0.2) is 0 Å². The lowest BCUT2D eigenvalue weighted by Gasteiger charge is -1.97. The molecule has 0 aromatic carbocycles. The second kappa shape index (κ2) is 6.43. The molecule has 12 heavy (non-hydrogen) atoms. The average molecular weight is 208 g/mol.